The van der Waals surface area contributed by atoms with Crippen LogP contribution in [0.15, 0.2) is 72.9 Å². The summed E-state index contributed by atoms with van der Waals surface area (Å²) in [5.41, 5.74) is 3.78. The topological polar surface area (TPSA) is 134 Å². The molecular formula is C36H51FO8. The molecule has 1 aliphatic rings. The number of carbonyl (C=O) groups is 2. The van der Waals surface area contributed by atoms with Gasteiger partial charge < -0.3 is 34.7 Å². The van der Waals surface area contributed by atoms with Crippen molar-refractivity contribution in [3.05, 3.63) is 84.2 Å². The van der Waals surface area contributed by atoms with E-state index in [2.05, 4.69) is 32.2 Å². The van der Waals surface area contributed by atoms with Crippen LogP contribution in [0.1, 0.15) is 69.8 Å². The Morgan fingerprint density at radius 3 is 1.84 bits per heavy atom. The van der Waals surface area contributed by atoms with Crippen LogP contribution in [0.4, 0.5) is 4.39 Å². The van der Waals surface area contributed by atoms with E-state index in [4.69, 9.17) is 29.3 Å². The summed E-state index contributed by atoms with van der Waals surface area (Å²) in [6.45, 7) is 12.0. The van der Waals surface area contributed by atoms with Gasteiger partial charge in [0.1, 0.15) is 24.1 Å². The monoisotopic (exact) mass is 630 g/mol. The predicted molar refractivity (Wildman–Crippen MR) is 177 cm³/mol. The SMILES string of the molecule is C=C(CO)CCOc1cc(OCCC(=C)CO)cc(-c2ccc(C3CCC(CC/C=C/C)CC3)c(F)c2)c1.C=O.CO.O=CO. The van der Waals surface area contributed by atoms with E-state index in [1.54, 1.807) is 12.1 Å². The van der Waals surface area contributed by atoms with Crippen molar-refractivity contribution in [3.8, 4) is 22.6 Å². The highest BCUT2D eigenvalue weighted by molar-refractivity contribution is 5.68. The highest BCUT2D eigenvalue weighted by Crippen LogP contribution is 2.40. The van der Waals surface area contributed by atoms with Crippen LogP contribution in [-0.4, -0.2) is 67.2 Å². The fraction of sp³-hybridized carbons (Fsp3) is 0.444. The largest absolute Gasteiger partial charge is 0.493 e. The minimum Gasteiger partial charge on any atom is -0.493 e. The Labute approximate surface area is 267 Å². The van der Waals surface area contributed by atoms with Crippen LogP contribution in [0.5, 0.6) is 11.5 Å². The Bertz CT molecular complexity index is 1120. The van der Waals surface area contributed by atoms with Gasteiger partial charge in [-0.1, -0.05) is 37.4 Å². The fourth-order valence-electron chi connectivity index (χ4n) is 4.99. The van der Waals surface area contributed by atoms with Gasteiger partial charge in [0.15, 0.2) is 0 Å². The summed E-state index contributed by atoms with van der Waals surface area (Å²) < 4.78 is 27.2. The van der Waals surface area contributed by atoms with Crippen LogP contribution in [-0.2, 0) is 9.59 Å². The third kappa shape index (κ3) is 16.2. The lowest BCUT2D eigenvalue weighted by molar-refractivity contribution is -0.122. The first-order valence-corrected chi connectivity index (χ1v) is 15.0. The number of carboxylic acid groups (broad SMARTS) is 1. The van der Waals surface area contributed by atoms with E-state index in [9.17, 15) is 10.2 Å². The minimum atomic E-state index is -0.250. The number of hydrogen-bond donors (Lipinski definition) is 4. The molecule has 0 spiro atoms. The molecule has 250 valence electrons. The second kappa shape index (κ2) is 25.5. The van der Waals surface area contributed by atoms with Gasteiger partial charge in [-0.05, 0) is 103 Å². The number of benzene rings is 2. The van der Waals surface area contributed by atoms with Crippen LogP contribution in [0, 0.1) is 11.7 Å². The molecule has 2 aromatic carbocycles. The molecule has 0 radical (unpaired) electrons. The molecular weight excluding hydrogens is 579 g/mol. The van der Waals surface area contributed by atoms with E-state index in [1.165, 1.54) is 6.42 Å². The second-order valence-electron chi connectivity index (χ2n) is 10.4. The van der Waals surface area contributed by atoms with Crippen molar-refractivity contribution in [1.82, 2.24) is 0 Å². The smallest absolute Gasteiger partial charge is 0.290 e. The Hall–Kier alpha value is -3.79. The van der Waals surface area contributed by atoms with Crippen LogP contribution in [0.2, 0.25) is 0 Å². The number of allylic oxidation sites excluding steroid dienone is 2. The van der Waals surface area contributed by atoms with Gasteiger partial charge in [-0.25, -0.2) is 4.39 Å². The molecule has 0 heterocycles. The van der Waals surface area contributed by atoms with Gasteiger partial charge in [-0.2, -0.15) is 0 Å². The molecule has 1 saturated carbocycles. The molecule has 0 bridgehead atoms. The summed E-state index contributed by atoms with van der Waals surface area (Å²) in [6, 6.07) is 11.1. The molecule has 1 fully saturated rings. The molecule has 9 heteroatoms. The van der Waals surface area contributed by atoms with Gasteiger partial charge in [-0.15, -0.1) is 0 Å². The lowest BCUT2D eigenvalue weighted by Gasteiger charge is -2.29. The fourth-order valence-corrected chi connectivity index (χ4v) is 4.99. The van der Waals surface area contributed by atoms with E-state index in [0.29, 0.717) is 48.7 Å². The van der Waals surface area contributed by atoms with Crippen LogP contribution in [0.25, 0.3) is 11.1 Å². The van der Waals surface area contributed by atoms with Crippen LogP contribution >= 0.6 is 0 Å². The summed E-state index contributed by atoms with van der Waals surface area (Å²) in [4.78, 5) is 16.4. The number of ether oxygens (including phenoxy) is 2. The quantitative estimate of drug-likeness (QED) is 0.124. The van der Waals surface area contributed by atoms with Crippen molar-refractivity contribution in [2.24, 2.45) is 5.92 Å². The van der Waals surface area contributed by atoms with Crippen molar-refractivity contribution in [3.63, 3.8) is 0 Å². The number of halogens is 1. The predicted octanol–water partition coefficient (Wildman–Crippen LogP) is 6.88. The summed E-state index contributed by atoms with van der Waals surface area (Å²) in [7, 11) is 1.00. The molecule has 0 saturated heterocycles. The molecule has 1 aliphatic carbocycles. The van der Waals surface area contributed by atoms with E-state index in [1.807, 2.05) is 31.1 Å². The van der Waals surface area contributed by atoms with Gasteiger partial charge in [-0.3, -0.25) is 4.79 Å². The molecule has 0 aromatic heterocycles. The molecule has 45 heavy (non-hydrogen) atoms. The third-order valence-electron chi connectivity index (χ3n) is 7.37. The summed E-state index contributed by atoms with van der Waals surface area (Å²) >= 11 is 0. The zero-order chi connectivity index (χ0) is 34.0. The molecule has 0 unspecified atom stereocenters. The number of hydrogen-bond acceptors (Lipinski definition) is 7. The van der Waals surface area contributed by atoms with E-state index in [0.717, 1.165) is 61.8 Å². The van der Waals surface area contributed by atoms with Crippen LogP contribution in [0.3, 0.4) is 0 Å². The molecule has 0 aliphatic heterocycles. The van der Waals surface area contributed by atoms with Gasteiger partial charge in [0.2, 0.25) is 0 Å². The van der Waals surface area contributed by atoms with Gasteiger partial charge in [0, 0.05) is 26.0 Å². The highest BCUT2D eigenvalue weighted by atomic mass is 19.1. The van der Waals surface area contributed by atoms with Gasteiger partial charge in [0.25, 0.3) is 6.47 Å². The maximum atomic E-state index is 15.4. The standard InChI is InChI=1S/C33H43FO4.CH2O2.CH4O.CH2O/c1-4-5-6-7-26-8-10-27(11-9-26)32-13-12-28(20-33(32)34)29-18-30(37-16-14-24(2)22-35)21-31(19-29)38-17-15-25(3)23-36;2-1-3;2*1-2/h4-5,12-13,18-21,26-27,35-36H,2-3,6-11,14-17,22-23H2,1H3;1H,(H,2,3);2H,1H3;1H2/b5-4+;;;. The van der Waals surface area contributed by atoms with E-state index >= 15 is 4.39 Å². The second-order valence-corrected chi connectivity index (χ2v) is 10.4. The van der Waals surface area contributed by atoms with Gasteiger partial charge in [0.05, 0.1) is 26.4 Å². The molecule has 2 aromatic rings. The summed E-state index contributed by atoms with van der Waals surface area (Å²) in [5.74, 6) is 2.06. The average molecular weight is 631 g/mol. The Morgan fingerprint density at radius 2 is 1.40 bits per heavy atom. The Morgan fingerprint density at radius 1 is 0.889 bits per heavy atom. The van der Waals surface area contributed by atoms with E-state index in [-0.39, 0.29) is 31.4 Å². The highest BCUT2D eigenvalue weighted by Gasteiger charge is 2.24. The zero-order valence-corrected chi connectivity index (χ0v) is 26.8. The first-order chi connectivity index (χ1) is 21.8. The maximum Gasteiger partial charge on any atom is 0.290 e. The lowest BCUT2D eigenvalue weighted by atomic mass is 9.77. The van der Waals surface area contributed by atoms with Crippen molar-refractivity contribution in [2.45, 2.75) is 64.2 Å². The maximum absolute atomic E-state index is 15.4. The lowest BCUT2D eigenvalue weighted by Crippen LogP contribution is -2.14. The zero-order valence-electron chi connectivity index (χ0n) is 26.8. The minimum absolute atomic E-state index is 0.0734. The van der Waals surface area contributed by atoms with Crippen LogP contribution < -0.4 is 9.47 Å². The number of rotatable bonds is 15. The van der Waals surface area contributed by atoms with Crippen molar-refractivity contribution in [2.75, 3.05) is 33.5 Å². The number of carbonyl (C=O) groups excluding carboxylic acids is 1. The van der Waals surface area contributed by atoms with Crippen molar-refractivity contribution in [1.29, 1.82) is 0 Å². The third-order valence-corrected chi connectivity index (χ3v) is 7.37. The Balaban J connectivity index is 0.00000256. The van der Waals surface area contributed by atoms with Crippen molar-refractivity contribution >= 4 is 13.3 Å². The first-order valence-electron chi connectivity index (χ1n) is 15.0. The molecule has 4 N–H and O–H groups in total. The molecule has 3 rings (SSSR count). The Kier molecular flexibility index (Phi) is 23.4. The molecule has 0 amide bonds. The normalized spacial score (nSPS) is 15.2. The number of aliphatic hydroxyl groups excluding tert-OH is 3. The summed E-state index contributed by atoms with van der Waals surface area (Å²) in [6.07, 6.45) is 12.2. The first kappa shape index (κ1) is 41.2. The average Bonchev–Trinajstić information content (AvgIpc) is 3.07. The summed E-state index contributed by atoms with van der Waals surface area (Å²) in [5, 5.41) is 32.3. The number of aliphatic hydroxyl groups is 3. The van der Waals surface area contributed by atoms with Crippen molar-refractivity contribution < 1.29 is 43.9 Å². The molecule has 8 nitrogen and oxygen atoms in total. The van der Waals surface area contributed by atoms with Gasteiger partial charge >= 0.3 is 0 Å². The molecule has 0 atom stereocenters. The van der Waals surface area contributed by atoms with E-state index < -0.39 is 0 Å².